The van der Waals surface area contributed by atoms with E-state index in [1.165, 1.54) is 12.8 Å². The van der Waals surface area contributed by atoms with Crippen LogP contribution in [0.1, 0.15) is 40.6 Å². The number of furan rings is 1. The van der Waals surface area contributed by atoms with Crippen molar-refractivity contribution < 1.29 is 9.21 Å². The second kappa shape index (κ2) is 9.54. The van der Waals surface area contributed by atoms with Gasteiger partial charge in [-0.05, 0) is 55.1 Å². The maximum atomic E-state index is 13.3. The molecule has 4 heterocycles. The largest absolute Gasteiger partial charge is 0.468 e. The predicted molar refractivity (Wildman–Crippen MR) is 126 cm³/mol. The third kappa shape index (κ3) is 4.54. The molecule has 0 bridgehead atoms. The number of rotatable bonds is 8. The van der Waals surface area contributed by atoms with Gasteiger partial charge in [-0.25, -0.2) is 0 Å². The van der Waals surface area contributed by atoms with Crippen LogP contribution in [-0.2, 0) is 6.54 Å². The SMILES string of the molecule is O=C(NCC(c1ccco1)N1CCCC1)c1cn(Cc2ccccc2)nc1-c1cccs1. The van der Waals surface area contributed by atoms with Crippen LogP contribution in [-0.4, -0.2) is 40.2 Å². The fourth-order valence-corrected chi connectivity index (χ4v) is 4.99. The van der Waals surface area contributed by atoms with E-state index in [0.717, 1.165) is 35.0 Å². The molecule has 1 atom stereocenters. The lowest BCUT2D eigenvalue weighted by atomic mass is 10.1. The van der Waals surface area contributed by atoms with Gasteiger partial charge in [0.05, 0.1) is 29.3 Å². The molecule has 0 aliphatic carbocycles. The van der Waals surface area contributed by atoms with Gasteiger partial charge in [0.2, 0.25) is 0 Å². The Morgan fingerprint density at radius 2 is 1.94 bits per heavy atom. The molecule has 1 aromatic carbocycles. The molecule has 7 heteroatoms. The number of nitrogens with one attached hydrogen (secondary N) is 1. The topological polar surface area (TPSA) is 63.3 Å². The molecule has 1 amide bonds. The predicted octanol–water partition coefficient (Wildman–Crippen LogP) is 4.82. The van der Waals surface area contributed by atoms with E-state index in [-0.39, 0.29) is 11.9 Å². The van der Waals surface area contributed by atoms with Gasteiger partial charge in [-0.3, -0.25) is 14.4 Å². The van der Waals surface area contributed by atoms with Gasteiger partial charge < -0.3 is 9.73 Å². The van der Waals surface area contributed by atoms with E-state index in [4.69, 9.17) is 9.52 Å². The maximum Gasteiger partial charge on any atom is 0.255 e. The highest BCUT2D eigenvalue weighted by molar-refractivity contribution is 7.13. The minimum atomic E-state index is -0.108. The Morgan fingerprint density at radius 1 is 1.09 bits per heavy atom. The van der Waals surface area contributed by atoms with Gasteiger partial charge in [-0.1, -0.05) is 36.4 Å². The first-order valence-corrected chi connectivity index (χ1v) is 11.9. The number of aromatic nitrogens is 2. The van der Waals surface area contributed by atoms with Crippen LogP contribution in [0, 0.1) is 0 Å². The van der Waals surface area contributed by atoms with Crippen LogP contribution in [0.4, 0.5) is 0 Å². The molecule has 164 valence electrons. The smallest absolute Gasteiger partial charge is 0.255 e. The number of carbonyl (C=O) groups excluding carboxylic acids is 1. The zero-order valence-electron chi connectivity index (χ0n) is 17.8. The molecule has 1 N–H and O–H groups in total. The molecule has 4 aromatic rings. The van der Waals surface area contributed by atoms with Crippen molar-refractivity contribution in [3.05, 3.63) is 89.3 Å². The van der Waals surface area contributed by atoms with Crippen molar-refractivity contribution in [1.29, 1.82) is 0 Å². The fourth-order valence-electron chi connectivity index (χ4n) is 4.26. The monoisotopic (exact) mass is 446 g/mol. The molecular weight excluding hydrogens is 420 g/mol. The first-order valence-electron chi connectivity index (χ1n) is 11.0. The number of nitrogens with zero attached hydrogens (tertiary/aromatic N) is 3. The van der Waals surface area contributed by atoms with Crippen molar-refractivity contribution in [3.63, 3.8) is 0 Å². The molecule has 3 aromatic heterocycles. The van der Waals surface area contributed by atoms with Crippen molar-refractivity contribution >= 4 is 17.2 Å². The van der Waals surface area contributed by atoms with Crippen LogP contribution in [0.3, 0.4) is 0 Å². The Morgan fingerprint density at radius 3 is 2.66 bits per heavy atom. The van der Waals surface area contributed by atoms with Crippen LogP contribution in [0.15, 0.2) is 76.9 Å². The highest BCUT2D eigenvalue weighted by atomic mass is 32.1. The first kappa shape index (κ1) is 20.7. The van der Waals surface area contributed by atoms with Crippen molar-refractivity contribution in [1.82, 2.24) is 20.0 Å². The van der Waals surface area contributed by atoms with E-state index in [9.17, 15) is 4.79 Å². The average molecular weight is 447 g/mol. The van der Waals surface area contributed by atoms with Crippen LogP contribution < -0.4 is 5.32 Å². The van der Waals surface area contributed by atoms with E-state index in [2.05, 4.69) is 22.3 Å². The third-order valence-corrected chi connectivity index (χ3v) is 6.73. The lowest BCUT2D eigenvalue weighted by Gasteiger charge is -2.25. The number of carbonyl (C=O) groups is 1. The molecule has 0 saturated carbocycles. The first-order chi connectivity index (χ1) is 15.8. The Kier molecular flexibility index (Phi) is 6.18. The highest BCUT2D eigenvalue weighted by Gasteiger charge is 2.27. The van der Waals surface area contributed by atoms with Gasteiger partial charge in [0.1, 0.15) is 11.5 Å². The summed E-state index contributed by atoms with van der Waals surface area (Å²) in [6.07, 6.45) is 5.91. The lowest BCUT2D eigenvalue weighted by molar-refractivity contribution is 0.0934. The molecule has 0 spiro atoms. The summed E-state index contributed by atoms with van der Waals surface area (Å²) in [5, 5.41) is 9.92. The zero-order chi connectivity index (χ0) is 21.8. The van der Waals surface area contributed by atoms with Gasteiger partial charge in [0, 0.05) is 12.7 Å². The standard InChI is InChI=1S/C25H26N4O2S/c30-25(26-16-21(22-10-6-14-31-22)28-12-4-5-13-28)20-18-29(17-19-8-2-1-3-9-19)27-24(20)23-11-7-15-32-23/h1-3,6-11,14-15,18,21H,4-5,12-13,16-17H2,(H,26,30). The number of amides is 1. The summed E-state index contributed by atoms with van der Waals surface area (Å²) in [4.78, 5) is 16.7. The van der Waals surface area contributed by atoms with Gasteiger partial charge in [-0.2, -0.15) is 5.10 Å². The minimum absolute atomic E-state index is 0.0426. The van der Waals surface area contributed by atoms with E-state index < -0.39 is 0 Å². The quantitative estimate of drug-likeness (QED) is 0.422. The summed E-state index contributed by atoms with van der Waals surface area (Å²) in [6.45, 7) is 3.17. The van der Waals surface area contributed by atoms with Crippen molar-refractivity contribution in [2.45, 2.75) is 25.4 Å². The molecule has 1 fully saturated rings. The van der Waals surface area contributed by atoms with Crippen LogP contribution in [0.25, 0.3) is 10.6 Å². The number of thiophene rings is 1. The maximum absolute atomic E-state index is 13.3. The molecule has 1 aliphatic rings. The molecule has 1 unspecified atom stereocenters. The molecular formula is C25H26N4O2S. The Balaban J connectivity index is 1.37. The molecule has 32 heavy (non-hydrogen) atoms. The summed E-state index contributed by atoms with van der Waals surface area (Å²) >= 11 is 1.59. The summed E-state index contributed by atoms with van der Waals surface area (Å²) in [7, 11) is 0. The highest BCUT2D eigenvalue weighted by Crippen LogP contribution is 2.28. The lowest BCUT2D eigenvalue weighted by Crippen LogP contribution is -2.36. The molecule has 1 saturated heterocycles. The van der Waals surface area contributed by atoms with Gasteiger partial charge >= 0.3 is 0 Å². The third-order valence-electron chi connectivity index (χ3n) is 5.86. The molecule has 6 nitrogen and oxygen atoms in total. The van der Waals surface area contributed by atoms with E-state index in [1.54, 1.807) is 17.6 Å². The average Bonchev–Trinajstić information content (AvgIpc) is 3.62. The normalized spacial score (nSPS) is 15.1. The van der Waals surface area contributed by atoms with Gasteiger partial charge in [0.15, 0.2) is 0 Å². The summed E-state index contributed by atoms with van der Waals surface area (Å²) in [5.41, 5.74) is 2.47. The van der Waals surface area contributed by atoms with Crippen LogP contribution >= 0.6 is 11.3 Å². The Bertz CT molecular complexity index is 1130. The number of benzene rings is 1. The van der Waals surface area contributed by atoms with E-state index >= 15 is 0 Å². The van der Waals surface area contributed by atoms with E-state index in [1.807, 2.05) is 58.7 Å². The summed E-state index contributed by atoms with van der Waals surface area (Å²) in [6, 6.07) is 18.1. The van der Waals surface area contributed by atoms with Gasteiger partial charge in [0.25, 0.3) is 5.91 Å². The summed E-state index contributed by atoms with van der Waals surface area (Å²) < 4.78 is 7.54. The number of likely N-dealkylation sites (tertiary alicyclic amines) is 1. The number of hydrogen-bond acceptors (Lipinski definition) is 5. The zero-order valence-corrected chi connectivity index (χ0v) is 18.6. The molecule has 5 rings (SSSR count). The fraction of sp³-hybridized carbons (Fsp3) is 0.280. The molecule has 0 radical (unpaired) electrons. The second-order valence-electron chi connectivity index (χ2n) is 8.04. The number of hydrogen-bond donors (Lipinski definition) is 1. The van der Waals surface area contributed by atoms with Crippen LogP contribution in [0.2, 0.25) is 0 Å². The van der Waals surface area contributed by atoms with Crippen molar-refractivity contribution in [3.8, 4) is 10.6 Å². The summed E-state index contributed by atoms with van der Waals surface area (Å²) in [5.74, 6) is 0.786. The Labute approximate surface area is 191 Å². The Hall–Kier alpha value is -3.16. The van der Waals surface area contributed by atoms with Crippen LogP contribution in [0.5, 0.6) is 0 Å². The minimum Gasteiger partial charge on any atom is -0.468 e. The van der Waals surface area contributed by atoms with Crippen molar-refractivity contribution in [2.24, 2.45) is 0 Å². The van der Waals surface area contributed by atoms with Crippen molar-refractivity contribution in [2.75, 3.05) is 19.6 Å². The van der Waals surface area contributed by atoms with Gasteiger partial charge in [-0.15, -0.1) is 11.3 Å². The molecule has 1 aliphatic heterocycles. The van der Waals surface area contributed by atoms with E-state index in [0.29, 0.717) is 18.7 Å². The second-order valence-corrected chi connectivity index (χ2v) is 8.98.